The van der Waals surface area contributed by atoms with Crippen molar-refractivity contribution in [2.75, 3.05) is 13.2 Å². The fourth-order valence-corrected chi connectivity index (χ4v) is 2.95. The number of β-amino-alcohol motifs (C(OH)–C–C–N with tert-alkyl or cyclic N) is 1. The molecular formula is C21H28Cl3N3O2. The van der Waals surface area contributed by atoms with Crippen molar-refractivity contribution in [1.82, 2.24) is 10.3 Å². The van der Waals surface area contributed by atoms with Crippen LogP contribution in [0, 0.1) is 11.3 Å². The number of rotatable bonds is 10. The molecule has 29 heavy (non-hydrogen) atoms. The maximum atomic E-state index is 10.2. The third-order valence-corrected chi connectivity index (χ3v) is 4.64. The molecule has 0 bridgehead atoms. The van der Waals surface area contributed by atoms with E-state index in [1.54, 1.807) is 24.4 Å². The van der Waals surface area contributed by atoms with E-state index in [1.807, 2.05) is 18.3 Å². The van der Waals surface area contributed by atoms with Gasteiger partial charge in [-0.15, -0.1) is 24.8 Å². The van der Waals surface area contributed by atoms with E-state index in [0.29, 0.717) is 17.3 Å². The lowest BCUT2D eigenvalue weighted by Gasteiger charge is -2.28. The van der Waals surface area contributed by atoms with Crippen LogP contribution in [0.2, 0.25) is 5.02 Å². The zero-order valence-corrected chi connectivity index (χ0v) is 19.0. The van der Waals surface area contributed by atoms with Crippen LogP contribution in [-0.4, -0.2) is 34.9 Å². The molecule has 5 nitrogen and oxygen atoms in total. The predicted molar refractivity (Wildman–Crippen MR) is 121 cm³/mol. The first kappa shape index (κ1) is 27.5. The molecular weight excluding hydrogens is 433 g/mol. The summed E-state index contributed by atoms with van der Waals surface area (Å²) in [6.07, 6.45) is 5.98. The van der Waals surface area contributed by atoms with Crippen LogP contribution in [0.25, 0.3) is 0 Å². The third-order valence-electron chi connectivity index (χ3n) is 4.32. The smallest absolute Gasteiger partial charge is 0.138 e. The number of nitrogens with one attached hydrogen (secondary N) is 1. The molecule has 2 N–H and O–H groups in total. The summed E-state index contributed by atoms with van der Waals surface area (Å²) >= 11 is 5.98. The van der Waals surface area contributed by atoms with Gasteiger partial charge < -0.3 is 15.2 Å². The Hall–Kier alpha value is -1.55. The second-order valence-corrected chi connectivity index (χ2v) is 7.58. The minimum atomic E-state index is -0.687. The van der Waals surface area contributed by atoms with Crippen LogP contribution in [-0.2, 0) is 6.42 Å². The first-order chi connectivity index (χ1) is 12.9. The summed E-state index contributed by atoms with van der Waals surface area (Å²) in [5, 5.41) is 23.1. The monoisotopic (exact) mass is 459 g/mol. The molecule has 160 valence electrons. The first-order valence-corrected chi connectivity index (χ1v) is 9.42. The largest absolute Gasteiger partial charge is 0.489 e. The van der Waals surface area contributed by atoms with E-state index in [9.17, 15) is 5.11 Å². The Balaban J connectivity index is 0.00000392. The van der Waals surface area contributed by atoms with Gasteiger partial charge in [0.05, 0.1) is 5.02 Å². The highest BCUT2D eigenvalue weighted by Crippen LogP contribution is 2.25. The van der Waals surface area contributed by atoms with Crippen LogP contribution in [0.15, 0.2) is 42.7 Å². The van der Waals surface area contributed by atoms with Crippen LogP contribution >= 0.6 is 36.4 Å². The van der Waals surface area contributed by atoms with E-state index in [1.165, 1.54) is 5.56 Å². The number of benzene rings is 1. The summed E-state index contributed by atoms with van der Waals surface area (Å²) < 4.78 is 5.57. The second-order valence-electron chi connectivity index (χ2n) is 7.17. The zero-order valence-electron chi connectivity index (χ0n) is 16.6. The van der Waals surface area contributed by atoms with E-state index >= 15 is 0 Å². The number of nitriles is 1. The Bertz CT molecular complexity index is 768. The lowest BCUT2D eigenvalue weighted by atomic mass is 9.95. The number of pyridine rings is 1. The quantitative estimate of drug-likeness (QED) is 0.542. The molecule has 1 aromatic heterocycles. The molecule has 0 aliphatic heterocycles. The van der Waals surface area contributed by atoms with Crippen LogP contribution < -0.4 is 10.1 Å². The fourth-order valence-electron chi connectivity index (χ4n) is 2.74. The standard InChI is InChI=1S/C21H26ClN3O2.2ClH/c1-21(2,10-4-6-16-7-5-11-24-13-16)25-14-17(26)15-27-20-9-3-8-19(22)18(20)12-23;;/h3,5,7-9,11,13,17,25-26H,4,6,10,14-15H2,1-2H3;2*1H. The predicted octanol–water partition coefficient (Wildman–Crippen LogP) is 4.58. The Morgan fingerprint density at radius 2 is 2.03 bits per heavy atom. The van der Waals surface area contributed by atoms with Crippen molar-refractivity contribution >= 4 is 36.4 Å². The van der Waals surface area contributed by atoms with Gasteiger partial charge in [0.15, 0.2) is 0 Å². The fraction of sp³-hybridized carbons (Fsp3) is 0.429. The molecule has 0 saturated heterocycles. The molecule has 0 aliphatic carbocycles. The van der Waals surface area contributed by atoms with Gasteiger partial charge in [0.2, 0.25) is 0 Å². The van der Waals surface area contributed by atoms with E-state index in [4.69, 9.17) is 21.6 Å². The van der Waals surface area contributed by atoms with Gasteiger partial charge in [-0.1, -0.05) is 23.7 Å². The average Bonchev–Trinajstić information content (AvgIpc) is 2.65. The molecule has 2 aromatic rings. The number of aryl methyl sites for hydroxylation is 1. The van der Waals surface area contributed by atoms with Gasteiger partial charge in [0.25, 0.3) is 0 Å². The SMILES string of the molecule is CC(C)(CCCc1cccnc1)NCC(O)COc1cccc(Cl)c1C#N.Cl.Cl. The van der Waals surface area contributed by atoms with Crippen LogP contribution in [0.5, 0.6) is 5.75 Å². The Labute approximate surface area is 190 Å². The van der Waals surface area contributed by atoms with Crippen molar-refractivity contribution in [3.63, 3.8) is 0 Å². The van der Waals surface area contributed by atoms with Gasteiger partial charge in [-0.3, -0.25) is 4.98 Å². The van der Waals surface area contributed by atoms with Crippen molar-refractivity contribution in [2.24, 2.45) is 0 Å². The molecule has 1 aromatic carbocycles. The van der Waals surface area contributed by atoms with Crippen molar-refractivity contribution < 1.29 is 9.84 Å². The summed E-state index contributed by atoms with van der Waals surface area (Å²) in [4.78, 5) is 4.13. The molecule has 0 fully saturated rings. The van der Waals surface area contributed by atoms with Crippen LogP contribution in [0.1, 0.15) is 37.8 Å². The van der Waals surface area contributed by atoms with Crippen molar-refractivity contribution in [3.05, 3.63) is 58.9 Å². The van der Waals surface area contributed by atoms with E-state index < -0.39 is 6.10 Å². The number of halogens is 3. The number of hydrogen-bond acceptors (Lipinski definition) is 5. The molecule has 8 heteroatoms. The molecule has 0 spiro atoms. The van der Waals surface area contributed by atoms with Gasteiger partial charge >= 0.3 is 0 Å². The van der Waals surface area contributed by atoms with Gasteiger partial charge in [0.1, 0.15) is 30.1 Å². The number of ether oxygens (including phenoxy) is 1. The summed E-state index contributed by atoms with van der Waals surface area (Å²) in [6, 6.07) is 11.1. The van der Waals surface area contributed by atoms with Gasteiger partial charge in [-0.05, 0) is 56.9 Å². The highest BCUT2D eigenvalue weighted by atomic mass is 35.5. The minimum absolute atomic E-state index is 0. The third kappa shape index (κ3) is 9.66. The van der Waals surface area contributed by atoms with Gasteiger partial charge in [-0.2, -0.15) is 5.26 Å². The van der Waals surface area contributed by atoms with E-state index in [-0.39, 0.29) is 42.5 Å². The summed E-state index contributed by atoms with van der Waals surface area (Å²) in [5.41, 5.74) is 1.42. The maximum absolute atomic E-state index is 10.2. The van der Waals surface area contributed by atoms with Crippen molar-refractivity contribution in [2.45, 2.75) is 44.8 Å². The number of aliphatic hydroxyl groups excluding tert-OH is 1. The van der Waals surface area contributed by atoms with Crippen molar-refractivity contribution in [3.8, 4) is 11.8 Å². The summed E-state index contributed by atoms with van der Waals surface area (Å²) in [6.45, 7) is 4.74. The Morgan fingerprint density at radius 3 is 2.69 bits per heavy atom. The van der Waals surface area contributed by atoms with Gasteiger partial charge in [0, 0.05) is 24.5 Å². The summed E-state index contributed by atoms with van der Waals surface area (Å²) in [7, 11) is 0. The van der Waals surface area contributed by atoms with Crippen LogP contribution in [0.3, 0.4) is 0 Å². The topological polar surface area (TPSA) is 78.2 Å². The highest BCUT2D eigenvalue weighted by molar-refractivity contribution is 6.31. The molecule has 0 saturated carbocycles. The van der Waals surface area contributed by atoms with Gasteiger partial charge in [-0.25, -0.2) is 0 Å². The molecule has 2 rings (SSSR count). The second kappa shape index (κ2) is 13.6. The Kier molecular flexibility index (Phi) is 12.9. The van der Waals surface area contributed by atoms with E-state index in [2.05, 4.69) is 30.2 Å². The lowest BCUT2D eigenvalue weighted by molar-refractivity contribution is 0.0978. The number of aliphatic hydroxyl groups is 1. The van der Waals surface area contributed by atoms with E-state index in [0.717, 1.165) is 19.3 Å². The molecule has 0 amide bonds. The molecule has 1 heterocycles. The Morgan fingerprint density at radius 1 is 1.28 bits per heavy atom. The molecule has 0 aliphatic rings. The molecule has 1 unspecified atom stereocenters. The lowest BCUT2D eigenvalue weighted by Crippen LogP contribution is -2.44. The summed E-state index contributed by atoms with van der Waals surface area (Å²) in [5.74, 6) is 0.389. The normalized spacial score (nSPS) is 11.6. The number of nitrogens with zero attached hydrogens (tertiary/aromatic N) is 2. The van der Waals surface area contributed by atoms with Crippen molar-refractivity contribution in [1.29, 1.82) is 5.26 Å². The molecule has 0 radical (unpaired) electrons. The minimum Gasteiger partial charge on any atom is -0.489 e. The maximum Gasteiger partial charge on any atom is 0.138 e. The number of hydrogen-bond donors (Lipinski definition) is 2. The van der Waals surface area contributed by atoms with Crippen LogP contribution in [0.4, 0.5) is 0 Å². The highest BCUT2D eigenvalue weighted by Gasteiger charge is 2.19. The zero-order chi connectivity index (χ0) is 19.7. The first-order valence-electron chi connectivity index (χ1n) is 9.05. The number of aromatic nitrogens is 1. The average molecular weight is 461 g/mol. The molecule has 1 atom stereocenters.